The Morgan fingerprint density at radius 2 is 1.85 bits per heavy atom. The molecular formula is C25H20ClN5O2S. The van der Waals surface area contributed by atoms with Crippen LogP contribution in [0.4, 0.5) is 10.8 Å². The Balaban J connectivity index is 1.43. The lowest BCUT2D eigenvalue weighted by atomic mass is 10.1. The van der Waals surface area contributed by atoms with Gasteiger partial charge in [0.2, 0.25) is 10.1 Å². The van der Waals surface area contributed by atoms with Crippen LogP contribution in [0.15, 0.2) is 65.5 Å². The highest BCUT2D eigenvalue weighted by atomic mass is 35.5. The average Bonchev–Trinajstić information content (AvgIpc) is 3.23. The molecule has 0 spiro atoms. The maximum Gasteiger partial charge on any atom is 0.283 e. The van der Waals surface area contributed by atoms with Crippen molar-refractivity contribution in [3.63, 3.8) is 0 Å². The van der Waals surface area contributed by atoms with E-state index < -0.39 is 0 Å². The second kappa shape index (κ2) is 8.89. The molecule has 5 rings (SSSR count). The minimum Gasteiger partial charge on any atom is -0.348 e. The number of fused-ring (bicyclic) bond motifs is 2. The number of anilines is 2. The zero-order chi connectivity index (χ0) is 23.8. The molecular weight excluding hydrogens is 470 g/mol. The van der Waals surface area contributed by atoms with Crippen molar-refractivity contribution in [3.8, 4) is 0 Å². The minimum atomic E-state index is -0.293. The standard InChI is InChI=1S/C25H20ClN5O2S/c1-14-3-6-16(7-4-14)13-27-22(32)17-8-10-19-21(11-17)29-25-31(23(19)33)30-24(34-25)28-20-12-18(26)9-5-15(20)2/h3-12H,13H2,1-2H3,(H,27,32)(H,28,30). The molecule has 170 valence electrons. The molecule has 0 unspecified atom stereocenters. The Kier molecular flexibility index (Phi) is 5.77. The highest BCUT2D eigenvalue weighted by molar-refractivity contribution is 7.20. The first-order valence-electron chi connectivity index (χ1n) is 10.6. The average molecular weight is 490 g/mol. The summed E-state index contributed by atoms with van der Waals surface area (Å²) in [5, 5.41) is 12.0. The molecule has 0 atom stereocenters. The van der Waals surface area contributed by atoms with E-state index in [1.165, 1.54) is 15.9 Å². The van der Waals surface area contributed by atoms with E-state index in [-0.39, 0.29) is 11.5 Å². The van der Waals surface area contributed by atoms with Gasteiger partial charge in [-0.1, -0.05) is 58.8 Å². The smallest absolute Gasteiger partial charge is 0.283 e. The Morgan fingerprint density at radius 3 is 2.65 bits per heavy atom. The number of amides is 1. The lowest BCUT2D eigenvalue weighted by molar-refractivity contribution is 0.0951. The quantitative estimate of drug-likeness (QED) is 0.352. The van der Waals surface area contributed by atoms with Gasteiger partial charge in [-0.2, -0.15) is 4.52 Å². The van der Waals surface area contributed by atoms with Gasteiger partial charge in [0.25, 0.3) is 11.5 Å². The molecule has 0 saturated carbocycles. The van der Waals surface area contributed by atoms with Crippen molar-refractivity contribution in [2.75, 3.05) is 5.32 Å². The number of nitrogens with one attached hydrogen (secondary N) is 2. The number of aromatic nitrogens is 3. The summed E-state index contributed by atoms with van der Waals surface area (Å²) in [5.74, 6) is -0.229. The van der Waals surface area contributed by atoms with E-state index in [0.29, 0.717) is 38.1 Å². The molecule has 2 N–H and O–H groups in total. The Labute approximate surface area is 204 Å². The molecule has 0 saturated heterocycles. The molecule has 0 radical (unpaired) electrons. The fraction of sp³-hybridized carbons (Fsp3) is 0.120. The van der Waals surface area contributed by atoms with Gasteiger partial charge in [-0.3, -0.25) is 9.59 Å². The SMILES string of the molecule is Cc1ccc(CNC(=O)c2ccc3c(=O)n4nc(Nc5cc(Cl)ccc5C)sc4nc3c2)cc1. The number of benzene rings is 3. The first-order valence-corrected chi connectivity index (χ1v) is 11.8. The Hall–Kier alpha value is -3.75. The van der Waals surface area contributed by atoms with Crippen LogP contribution in [0.1, 0.15) is 27.0 Å². The van der Waals surface area contributed by atoms with Crippen LogP contribution in [-0.4, -0.2) is 20.5 Å². The summed E-state index contributed by atoms with van der Waals surface area (Å²) in [6.07, 6.45) is 0. The number of aryl methyl sites for hydroxylation is 2. The van der Waals surface area contributed by atoms with Crippen LogP contribution in [0, 0.1) is 13.8 Å². The van der Waals surface area contributed by atoms with Crippen molar-refractivity contribution in [1.82, 2.24) is 19.9 Å². The van der Waals surface area contributed by atoms with E-state index in [9.17, 15) is 9.59 Å². The molecule has 0 bridgehead atoms. The molecule has 0 aliphatic carbocycles. The van der Waals surface area contributed by atoms with Gasteiger partial charge < -0.3 is 10.6 Å². The van der Waals surface area contributed by atoms with Crippen molar-refractivity contribution in [1.29, 1.82) is 0 Å². The maximum absolute atomic E-state index is 13.0. The third-order valence-electron chi connectivity index (χ3n) is 5.47. The first-order chi connectivity index (χ1) is 16.4. The molecule has 5 aromatic rings. The van der Waals surface area contributed by atoms with E-state index in [0.717, 1.165) is 22.4 Å². The molecule has 2 heterocycles. The third-order valence-corrected chi connectivity index (χ3v) is 6.53. The molecule has 9 heteroatoms. The summed E-state index contributed by atoms with van der Waals surface area (Å²) in [6.45, 7) is 4.39. The first kappa shape index (κ1) is 22.1. The highest BCUT2D eigenvalue weighted by Crippen LogP contribution is 2.27. The van der Waals surface area contributed by atoms with Crippen molar-refractivity contribution in [3.05, 3.63) is 98.3 Å². The second-order valence-corrected chi connectivity index (χ2v) is 9.40. The normalized spacial score (nSPS) is 11.1. The minimum absolute atomic E-state index is 0.229. The summed E-state index contributed by atoms with van der Waals surface area (Å²) < 4.78 is 1.27. The van der Waals surface area contributed by atoms with E-state index in [4.69, 9.17) is 11.6 Å². The predicted octanol–water partition coefficient (Wildman–Crippen LogP) is 5.25. The van der Waals surface area contributed by atoms with Crippen LogP contribution in [0.2, 0.25) is 5.02 Å². The Bertz CT molecular complexity index is 1610. The van der Waals surface area contributed by atoms with Gasteiger partial charge in [0, 0.05) is 22.8 Å². The molecule has 0 fully saturated rings. The van der Waals surface area contributed by atoms with E-state index in [2.05, 4.69) is 20.7 Å². The largest absolute Gasteiger partial charge is 0.348 e. The van der Waals surface area contributed by atoms with Gasteiger partial charge in [0.1, 0.15) is 0 Å². The molecule has 3 aromatic carbocycles. The topological polar surface area (TPSA) is 88.4 Å². The third kappa shape index (κ3) is 4.37. The van der Waals surface area contributed by atoms with Crippen molar-refractivity contribution >= 4 is 55.5 Å². The molecule has 34 heavy (non-hydrogen) atoms. The zero-order valence-corrected chi connectivity index (χ0v) is 20.0. The van der Waals surface area contributed by atoms with Gasteiger partial charge in [-0.05, 0) is 55.3 Å². The monoisotopic (exact) mass is 489 g/mol. The number of hydrogen-bond donors (Lipinski definition) is 2. The molecule has 2 aromatic heterocycles. The van der Waals surface area contributed by atoms with E-state index in [1.54, 1.807) is 24.3 Å². The van der Waals surface area contributed by atoms with Gasteiger partial charge in [0.15, 0.2) is 0 Å². The van der Waals surface area contributed by atoms with Crippen LogP contribution in [0.5, 0.6) is 0 Å². The van der Waals surface area contributed by atoms with Crippen molar-refractivity contribution < 1.29 is 4.79 Å². The fourth-order valence-electron chi connectivity index (χ4n) is 3.53. The number of carbonyl (C=O) groups is 1. The van der Waals surface area contributed by atoms with Crippen LogP contribution in [0.3, 0.4) is 0 Å². The van der Waals surface area contributed by atoms with Crippen molar-refractivity contribution in [2.24, 2.45) is 0 Å². The lowest BCUT2D eigenvalue weighted by Crippen LogP contribution is -2.23. The van der Waals surface area contributed by atoms with E-state index in [1.807, 2.05) is 50.2 Å². The Morgan fingerprint density at radius 1 is 1.06 bits per heavy atom. The number of carbonyl (C=O) groups excluding carboxylic acids is 1. The number of nitrogens with zero attached hydrogens (tertiary/aromatic N) is 3. The van der Waals surface area contributed by atoms with Crippen LogP contribution in [-0.2, 0) is 6.54 Å². The molecule has 0 aliphatic rings. The summed E-state index contributed by atoms with van der Waals surface area (Å²) in [7, 11) is 0. The second-order valence-electron chi connectivity index (χ2n) is 8.00. The predicted molar refractivity (Wildman–Crippen MR) is 136 cm³/mol. The van der Waals surface area contributed by atoms with Crippen molar-refractivity contribution in [2.45, 2.75) is 20.4 Å². The van der Waals surface area contributed by atoms with E-state index >= 15 is 0 Å². The van der Waals surface area contributed by atoms with Gasteiger partial charge >= 0.3 is 0 Å². The summed E-state index contributed by atoms with van der Waals surface area (Å²) in [6, 6.07) is 18.4. The zero-order valence-electron chi connectivity index (χ0n) is 18.4. The molecule has 1 amide bonds. The summed E-state index contributed by atoms with van der Waals surface area (Å²) >= 11 is 7.35. The number of rotatable bonds is 5. The number of halogens is 1. The fourth-order valence-corrected chi connectivity index (χ4v) is 4.52. The van der Waals surface area contributed by atoms with Crippen LogP contribution >= 0.6 is 22.9 Å². The highest BCUT2D eigenvalue weighted by Gasteiger charge is 2.14. The maximum atomic E-state index is 13.0. The van der Waals surface area contributed by atoms with Gasteiger partial charge in [0.05, 0.1) is 10.9 Å². The van der Waals surface area contributed by atoms with Gasteiger partial charge in [-0.15, -0.1) is 5.10 Å². The molecule has 7 nitrogen and oxygen atoms in total. The lowest BCUT2D eigenvalue weighted by Gasteiger charge is -2.07. The summed E-state index contributed by atoms with van der Waals surface area (Å²) in [5.41, 5.74) is 4.57. The number of hydrogen-bond acceptors (Lipinski definition) is 6. The van der Waals surface area contributed by atoms with Crippen LogP contribution in [0.25, 0.3) is 15.9 Å². The van der Waals surface area contributed by atoms with Gasteiger partial charge in [-0.25, -0.2) is 4.98 Å². The van der Waals surface area contributed by atoms with Crippen LogP contribution < -0.4 is 16.2 Å². The molecule has 0 aliphatic heterocycles. The summed E-state index contributed by atoms with van der Waals surface area (Å²) in [4.78, 5) is 30.7.